The fraction of sp³-hybridized carbons (Fsp3) is 0.421. The van der Waals surface area contributed by atoms with Gasteiger partial charge in [0.15, 0.2) is 0 Å². The lowest BCUT2D eigenvalue weighted by Gasteiger charge is -2.34. The molecule has 1 aromatic heterocycles. The topological polar surface area (TPSA) is 67.7 Å². The molecule has 138 valence electrons. The Morgan fingerprint density at radius 3 is 2.27 bits per heavy atom. The lowest BCUT2D eigenvalue weighted by molar-refractivity contribution is 0.0596. The Kier molecular flexibility index (Phi) is 5.68. The minimum Gasteiger partial charge on any atom is -0.465 e. The normalized spacial score (nSPS) is 15.1. The first-order valence-electron chi connectivity index (χ1n) is 8.76. The number of carbonyl (C=O) groups excluding carboxylic acids is 2. The van der Waals surface area contributed by atoms with Crippen LogP contribution in [0.15, 0.2) is 36.7 Å². The molecule has 0 aliphatic carbocycles. The summed E-state index contributed by atoms with van der Waals surface area (Å²) in [6, 6.07) is 6.62. The molecular weight excluding hydrogens is 332 g/mol. The van der Waals surface area contributed by atoms with Crippen LogP contribution in [0.25, 0.3) is 0 Å². The van der Waals surface area contributed by atoms with Crippen LogP contribution >= 0.6 is 0 Å². The number of aryl methyl sites for hydroxylation is 1. The molecule has 2 aromatic rings. The van der Waals surface area contributed by atoms with E-state index in [9.17, 15) is 9.59 Å². The summed E-state index contributed by atoms with van der Waals surface area (Å²) < 4.78 is 6.82. The molecule has 1 amide bonds. The molecule has 26 heavy (non-hydrogen) atoms. The third-order valence-electron chi connectivity index (χ3n) is 4.79. The summed E-state index contributed by atoms with van der Waals surface area (Å²) in [4.78, 5) is 32.6. The number of imidazole rings is 1. The number of benzene rings is 1. The van der Waals surface area contributed by atoms with Crippen molar-refractivity contribution in [3.05, 3.63) is 53.6 Å². The second kappa shape index (κ2) is 8.14. The Labute approximate surface area is 153 Å². The van der Waals surface area contributed by atoms with Crippen LogP contribution in [0.4, 0.5) is 0 Å². The number of aromatic nitrogens is 2. The van der Waals surface area contributed by atoms with Crippen molar-refractivity contribution < 1.29 is 14.3 Å². The molecule has 0 N–H and O–H groups in total. The van der Waals surface area contributed by atoms with Crippen molar-refractivity contribution in [1.82, 2.24) is 19.4 Å². The molecular formula is C19H24N4O3. The summed E-state index contributed by atoms with van der Waals surface area (Å²) in [5.41, 5.74) is 1.05. The second-order valence-electron chi connectivity index (χ2n) is 6.37. The quantitative estimate of drug-likeness (QED) is 0.759. The van der Waals surface area contributed by atoms with E-state index in [1.807, 2.05) is 24.2 Å². The molecule has 0 unspecified atom stereocenters. The molecule has 0 saturated carbocycles. The van der Waals surface area contributed by atoms with E-state index in [-0.39, 0.29) is 5.91 Å². The minimum absolute atomic E-state index is 0.00604. The van der Waals surface area contributed by atoms with E-state index in [0.717, 1.165) is 32.0 Å². The average Bonchev–Trinajstić information content (AvgIpc) is 3.10. The van der Waals surface area contributed by atoms with E-state index >= 15 is 0 Å². The summed E-state index contributed by atoms with van der Waals surface area (Å²) in [6.45, 7) is 7.00. The number of rotatable bonds is 5. The minimum atomic E-state index is -0.397. The highest BCUT2D eigenvalue weighted by atomic mass is 16.5. The van der Waals surface area contributed by atoms with Gasteiger partial charge in [-0.1, -0.05) is 0 Å². The van der Waals surface area contributed by atoms with E-state index in [1.54, 1.807) is 24.3 Å². The van der Waals surface area contributed by atoms with Crippen LogP contribution in [0.3, 0.4) is 0 Å². The number of carbonyl (C=O) groups is 2. The molecule has 0 atom stereocenters. The van der Waals surface area contributed by atoms with E-state index in [2.05, 4.69) is 19.2 Å². The van der Waals surface area contributed by atoms with Gasteiger partial charge in [-0.05, 0) is 31.2 Å². The van der Waals surface area contributed by atoms with Gasteiger partial charge in [0, 0.05) is 57.2 Å². The second-order valence-corrected chi connectivity index (χ2v) is 6.37. The van der Waals surface area contributed by atoms with E-state index < -0.39 is 5.97 Å². The third kappa shape index (κ3) is 4.11. The van der Waals surface area contributed by atoms with Crippen molar-refractivity contribution in [1.29, 1.82) is 0 Å². The molecule has 1 saturated heterocycles. The Balaban J connectivity index is 1.50. The van der Waals surface area contributed by atoms with Gasteiger partial charge in [-0.2, -0.15) is 0 Å². The van der Waals surface area contributed by atoms with E-state index in [4.69, 9.17) is 0 Å². The Hall–Kier alpha value is -2.67. The predicted molar refractivity (Wildman–Crippen MR) is 97.1 cm³/mol. The fourth-order valence-electron chi connectivity index (χ4n) is 3.11. The molecule has 0 spiro atoms. The van der Waals surface area contributed by atoms with Crippen LogP contribution in [0.5, 0.6) is 0 Å². The van der Waals surface area contributed by atoms with Gasteiger partial charge >= 0.3 is 5.97 Å². The first-order chi connectivity index (χ1) is 12.6. The zero-order valence-corrected chi connectivity index (χ0v) is 15.2. The lowest BCUT2D eigenvalue weighted by atomic mass is 10.1. The number of hydrogen-bond acceptors (Lipinski definition) is 5. The Morgan fingerprint density at radius 2 is 1.69 bits per heavy atom. The molecule has 7 heteroatoms. The van der Waals surface area contributed by atoms with Gasteiger partial charge < -0.3 is 14.2 Å². The van der Waals surface area contributed by atoms with Crippen LogP contribution in [0.2, 0.25) is 0 Å². The largest absolute Gasteiger partial charge is 0.465 e. The zero-order chi connectivity index (χ0) is 18.5. The number of nitrogens with zero attached hydrogens (tertiary/aromatic N) is 4. The highest BCUT2D eigenvalue weighted by Gasteiger charge is 2.22. The highest BCUT2D eigenvalue weighted by Crippen LogP contribution is 2.11. The van der Waals surface area contributed by atoms with Crippen LogP contribution in [0.1, 0.15) is 26.5 Å². The average molecular weight is 356 g/mol. The lowest BCUT2D eigenvalue weighted by Crippen LogP contribution is -2.49. The fourth-order valence-corrected chi connectivity index (χ4v) is 3.11. The molecule has 3 rings (SSSR count). The van der Waals surface area contributed by atoms with E-state index in [1.165, 1.54) is 7.11 Å². The maximum atomic E-state index is 12.6. The number of ether oxygens (including phenoxy) is 1. The van der Waals surface area contributed by atoms with Crippen LogP contribution in [0, 0.1) is 6.92 Å². The number of hydrogen-bond donors (Lipinski definition) is 0. The predicted octanol–water partition coefficient (Wildman–Crippen LogP) is 1.44. The van der Waals surface area contributed by atoms with Gasteiger partial charge in [0.2, 0.25) is 0 Å². The zero-order valence-electron chi connectivity index (χ0n) is 15.2. The summed E-state index contributed by atoms with van der Waals surface area (Å²) in [5.74, 6) is 0.631. The molecule has 1 aliphatic heterocycles. The first kappa shape index (κ1) is 18.1. The smallest absolute Gasteiger partial charge is 0.337 e. The SMILES string of the molecule is COC(=O)c1ccc(C(=O)N2CCN(CCn3ccnc3C)CC2)cc1. The maximum absolute atomic E-state index is 12.6. The molecule has 1 fully saturated rings. The van der Waals surface area contributed by atoms with Crippen molar-refractivity contribution >= 4 is 11.9 Å². The van der Waals surface area contributed by atoms with Crippen molar-refractivity contribution in [2.75, 3.05) is 39.8 Å². The van der Waals surface area contributed by atoms with Crippen molar-refractivity contribution in [2.24, 2.45) is 0 Å². The molecule has 0 bridgehead atoms. The summed E-state index contributed by atoms with van der Waals surface area (Å²) in [5, 5.41) is 0. The number of piperazine rings is 1. The number of methoxy groups -OCH3 is 1. The Morgan fingerprint density at radius 1 is 1.04 bits per heavy atom. The molecule has 2 heterocycles. The monoisotopic (exact) mass is 356 g/mol. The van der Waals surface area contributed by atoms with Gasteiger partial charge in [0.25, 0.3) is 5.91 Å². The van der Waals surface area contributed by atoms with E-state index in [0.29, 0.717) is 24.2 Å². The van der Waals surface area contributed by atoms with Gasteiger partial charge in [-0.15, -0.1) is 0 Å². The van der Waals surface area contributed by atoms with Gasteiger partial charge in [-0.25, -0.2) is 9.78 Å². The molecule has 0 radical (unpaired) electrons. The Bertz CT molecular complexity index is 761. The summed E-state index contributed by atoms with van der Waals surface area (Å²) in [7, 11) is 1.34. The summed E-state index contributed by atoms with van der Waals surface area (Å²) >= 11 is 0. The maximum Gasteiger partial charge on any atom is 0.337 e. The highest BCUT2D eigenvalue weighted by molar-refractivity contribution is 5.96. The molecule has 7 nitrogen and oxygen atoms in total. The number of amides is 1. The van der Waals surface area contributed by atoms with Crippen molar-refractivity contribution in [3.63, 3.8) is 0 Å². The van der Waals surface area contributed by atoms with Crippen molar-refractivity contribution in [3.8, 4) is 0 Å². The van der Waals surface area contributed by atoms with Gasteiger partial charge in [0.1, 0.15) is 5.82 Å². The summed E-state index contributed by atoms with van der Waals surface area (Å²) in [6.07, 6.45) is 3.81. The van der Waals surface area contributed by atoms with Crippen LogP contribution in [-0.2, 0) is 11.3 Å². The number of esters is 1. The van der Waals surface area contributed by atoms with Crippen LogP contribution in [-0.4, -0.2) is 71.1 Å². The van der Waals surface area contributed by atoms with Gasteiger partial charge in [0.05, 0.1) is 12.7 Å². The standard InChI is InChI=1S/C19H24N4O3/c1-15-20-7-8-22(15)12-9-21-10-13-23(14-11-21)18(24)16-3-5-17(6-4-16)19(25)26-2/h3-8H,9-14H2,1-2H3. The third-order valence-corrected chi connectivity index (χ3v) is 4.79. The van der Waals surface area contributed by atoms with Gasteiger partial charge in [-0.3, -0.25) is 9.69 Å². The molecule has 1 aliphatic rings. The first-order valence-corrected chi connectivity index (χ1v) is 8.76. The van der Waals surface area contributed by atoms with Crippen LogP contribution < -0.4 is 0 Å². The molecule has 1 aromatic carbocycles. The van der Waals surface area contributed by atoms with Crippen molar-refractivity contribution in [2.45, 2.75) is 13.5 Å².